The molecule has 0 atom stereocenters. The molecule has 0 spiro atoms. The lowest BCUT2D eigenvalue weighted by Crippen LogP contribution is -2.26. The lowest BCUT2D eigenvalue weighted by atomic mass is 9.87. The highest BCUT2D eigenvalue weighted by Gasteiger charge is 2.28. The molecule has 0 bridgehead atoms. The molecule has 0 aromatic heterocycles. The van der Waals surface area contributed by atoms with E-state index in [0.29, 0.717) is 0 Å². The van der Waals surface area contributed by atoms with Crippen LogP contribution in [0.3, 0.4) is 0 Å². The summed E-state index contributed by atoms with van der Waals surface area (Å²) in [5.41, 5.74) is 0.865. The lowest BCUT2D eigenvalue weighted by molar-refractivity contribution is 0.0000366. The number of benzene rings is 1. The van der Waals surface area contributed by atoms with E-state index in [9.17, 15) is 0 Å². The molecule has 94 valence electrons. The predicted molar refractivity (Wildman–Crippen MR) is 73.8 cm³/mol. The summed E-state index contributed by atoms with van der Waals surface area (Å²) in [5.74, 6) is 0.855. The Labute approximate surface area is 106 Å². The van der Waals surface area contributed by atoms with Gasteiger partial charge < -0.3 is 4.74 Å². The number of ether oxygens (including phenoxy) is 1. The summed E-state index contributed by atoms with van der Waals surface area (Å²) in [4.78, 5) is 0. The topological polar surface area (TPSA) is 9.23 Å². The van der Waals surface area contributed by atoms with Crippen molar-refractivity contribution in [3.8, 4) is 0 Å². The summed E-state index contributed by atoms with van der Waals surface area (Å²) >= 11 is 0. The van der Waals surface area contributed by atoms with Crippen LogP contribution in [0.15, 0.2) is 42.7 Å². The van der Waals surface area contributed by atoms with E-state index in [1.54, 1.807) is 0 Å². The molecule has 1 aromatic rings. The SMILES string of the molecule is C=C(OC(C)(C)c1ccccc1)C(C)(C)CC. The van der Waals surface area contributed by atoms with Gasteiger partial charge in [-0.3, -0.25) is 0 Å². The van der Waals surface area contributed by atoms with Crippen LogP contribution in [0.4, 0.5) is 0 Å². The zero-order valence-electron chi connectivity index (χ0n) is 11.7. The van der Waals surface area contributed by atoms with Crippen LogP contribution in [0, 0.1) is 5.41 Å². The molecule has 0 aliphatic rings. The first-order chi connectivity index (χ1) is 7.79. The first kappa shape index (κ1) is 13.8. The van der Waals surface area contributed by atoms with E-state index in [-0.39, 0.29) is 11.0 Å². The third kappa shape index (κ3) is 3.36. The molecule has 1 nitrogen and oxygen atoms in total. The van der Waals surface area contributed by atoms with E-state index >= 15 is 0 Å². The number of hydrogen-bond acceptors (Lipinski definition) is 1. The summed E-state index contributed by atoms with van der Waals surface area (Å²) in [7, 11) is 0. The highest BCUT2D eigenvalue weighted by molar-refractivity contribution is 5.21. The quantitative estimate of drug-likeness (QED) is 0.657. The molecule has 0 radical (unpaired) electrons. The summed E-state index contributed by atoms with van der Waals surface area (Å²) in [6.45, 7) is 14.7. The van der Waals surface area contributed by atoms with Crippen molar-refractivity contribution < 1.29 is 4.74 Å². The first-order valence-electron chi connectivity index (χ1n) is 6.23. The Bertz CT molecular complexity index is 374. The van der Waals surface area contributed by atoms with Crippen molar-refractivity contribution in [3.63, 3.8) is 0 Å². The Morgan fingerprint density at radius 3 is 2.12 bits per heavy atom. The lowest BCUT2D eigenvalue weighted by Gasteiger charge is -2.34. The zero-order valence-corrected chi connectivity index (χ0v) is 11.7. The van der Waals surface area contributed by atoms with Gasteiger partial charge in [0, 0.05) is 5.41 Å². The number of rotatable bonds is 5. The van der Waals surface area contributed by atoms with E-state index in [0.717, 1.165) is 12.2 Å². The maximum absolute atomic E-state index is 6.09. The molecule has 0 heterocycles. The van der Waals surface area contributed by atoms with Gasteiger partial charge in [-0.2, -0.15) is 0 Å². The number of allylic oxidation sites excluding steroid dienone is 1. The van der Waals surface area contributed by atoms with Gasteiger partial charge in [-0.25, -0.2) is 0 Å². The van der Waals surface area contributed by atoms with Crippen LogP contribution in [0.25, 0.3) is 0 Å². The average Bonchev–Trinajstić information content (AvgIpc) is 2.29. The molecular formula is C16H24O. The Morgan fingerprint density at radius 2 is 1.65 bits per heavy atom. The Morgan fingerprint density at radius 1 is 1.12 bits per heavy atom. The molecule has 0 aliphatic carbocycles. The van der Waals surface area contributed by atoms with Gasteiger partial charge in [0.05, 0.1) is 5.76 Å². The van der Waals surface area contributed by atoms with Gasteiger partial charge in [-0.05, 0) is 25.8 Å². The second-order valence-electron chi connectivity index (χ2n) is 5.64. The normalized spacial score (nSPS) is 12.3. The molecule has 0 saturated carbocycles. The molecule has 17 heavy (non-hydrogen) atoms. The molecular weight excluding hydrogens is 208 g/mol. The van der Waals surface area contributed by atoms with Crippen LogP contribution in [-0.4, -0.2) is 0 Å². The van der Waals surface area contributed by atoms with E-state index < -0.39 is 0 Å². The van der Waals surface area contributed by atoms with E-state index in [2.05, 4.69) is 53.3 Å². The fourth-order valence-electron chi connectivity index (χ4n) is 1.54. The maximum Gasteiger partial charge on any atom is 0.128 e. The molecule has 0 unspecified atom stereocenters. The summed E-state index contributed by atoms with van der Waals surface area (Å²) in [6.07, 6.45) is 1.02. The monoisotopic (exact) mass is 232 g/mol. The van der Waals surface area contributed by atoms with Crippen molar-refractivity contribution in [2.24, 2.45) is 5.41 Å². The Kier molecular flexibility index (Phi) is 4.03. The third-order valence-electron chi connectivity index (χ3n) is 3.49. The van der Waals surface area contributed by atoms with Crippen molar-refractivity contribution in [2.75, 3.05) is 0 Å². The minimum absolute atomic E-state index is 0.0199. The highest BCUT2D eigenvalue weighted by atomic mass is 16.5. The molecule has 0 fully saturated rings. The third-order valence-corrected chi connectivity index (χ3v) is 3.49. The van der Waals surface area contributed by atoms with Gasteiger partial charge in [0.1, 0.15) is 5.60 Å². The average molecular weight is 232 g/mol. The zero-order chi connectivity index (χ0) is 13.1. The first-order valence-corrected chi connectivity index (χ1v) is 6.23. The standard InChI is InChI=1S/C16H24O/c1-7-15(3,4)13(2)17-16(5,6)14-11-9-8-10-12-14/h8-12H,2,7H2,1,3-6H3. The molecule has 1 heteroatoms. The molecule has 0 aliphatic heterocycles. The van der Waals surface area contributed by atoms with Crippen molar-refractivity contribution >= 4 is 0 Å². The van der Waals surface area contributed by atoms with E-state index in [4.69, 9.17) is 4.74 Å². The minimum atomic E-state index is -0.329. The van der Waals surface area contributed by atoms with Gasteiger partial charge in [0.2, 0.25) is 0 Å². The van der Waals surface area contributed by atoms with Gasteiger partial charge in [0.25, 0.3) is 0 Å². The predicted octanol–water partition coefficient (Wildman–Crippen LogP) is 4.89. The largest absolute Gasteiger partial charge is 0.488 e. The van der Waals surface area contributed by atoms with Crippen LogP contribution < -0.4 is 0 Å². The molecule has 1 aromatic carbocycles. The van der Waals surface area contributed by atoms with Gasteiger partial charge >= 0.3 is 0 Å². The summed E-state index contributed by atoms with van der Waals surface area (Å²) in [6, 6.07) is 10.3. The Hall–Kier alpha value is -1.24. The minimum Gasteiger partial charge on any atom is -0.488 e. The molecule has 0 N–H and O–H groups in total. The Balaban J connectivity index is 2.84. The second kappa shape index (κ2) is 4.95. The van der Waals surface area contributed by atoms with Crippen LogP contribution in [0.1, 0.15) is 46.6 Å². The van der Waals surface area contributed by atoms with Crippen molar-refractivity contribution in [2.45, 2.75) is 46.6 Å². The van der Waals surface area contributed by atoms with Crippen LogP contribution in [0.5, 0.6) is 0 Å². The smallest absolute Gasteiger partial charge is 0.128 e. The molecule has 0 amide bonds. The molecule has 1 rings (SSSR count). The molecule has 0 saturated heterocycles. The van der Waals surface area contributed by atoms with Crippen molar-refractivity contribution in [1.82, 2.24) is 0 Å². The number of hydrogen-bond donors (Lipinski definition) is 0. The highest BCUT2D eigenvalue weighted by Crippen LogP contribution is 2.36. The second-order valence-corrected chi connectivity index (χ2v) is 5.64. The van der Waals surface area contributed by atoms with Crippen molar-refractivity contribution in [1.29, 1.82) is 0 Å². The van der Waals surface area contributed by atoms with E-state index in [1.165, 1.54) is 5.56 Å². The van der Waals surface area contributed by atoms with E-state index in [1.807, 2.05) is 18.2 Å². The van der Waals surface area contributed by atoms with Crippen LogP contribution in [-0.2, 0) is 10.3 Å². The van der Waals surface area contributed by atoms with Gasteiger partial charge in [-0.15, -0.1) is 0 Å². The van der Waals surface area contributed by atoms with Crippen LogP contribution in [0.2, 0.25) is 0 Å². The van der Waals surface area contributed by atoms with Crippen molar-refractivity contribution in [3.05, 3.63) is 48.2 Å². The summed E-state index contributed by atoms with van der Waals surface area (Å²) < 4.78 is 6.09. The fourth-order valence-corrected chi connectivity index (χ4v) is 1.54. The summed E-state index contributed by atoms with van der Waals surface area (Å²) in [5, 5.41) is 0. The van der Waals surface area contributed by atoms with Gasteiger partial charge in [-0.1, -0.05) is 57.7 Å². The van der Waals surface area contributed by atoms with Crippen LogP contribution >= 0.6 is 0 Å². The van der Waals surface area contributed by atoms with Gasteiger partial charge in [0.15, 0.2) is 0 Å². The fraction of sp³-hybridized carbons (Fsp3) is 0.500. The maximum atomic E-state index is 6.09.